The predicted octanol–water partition coefficient (Wildman–Crippen LogP) is 3.52. The topological polar surface area (TPSA) is 29.0 Å². The van der Waals surface area contributed by atoms with Crippen LogP contribution in [0.4, 0.5) is 14.6 Å². The van der Waals surface area contributed by atoms with Crippen molar-refractivity contribution in [2.24, 2.45) is 0 Å². The monoisotopic (exact) mass is 283 g/mol. The zero-order chi connectivity index (χ0) is 13.5. The van der Waals surface area contributed by atoms with Crippen molar-refractivity contribution in [3.8, 4) is 0 Å². The molecule has 100 valence electrons. The van der Waals surface area contributed by atoms with Gasteiger partial charge in [0.15, 0.2) is 0 Å². The van der Waals surface area contributed by atoms with Gasteiger partial charge in [-0.05, 0) is 12.1 Å². The molecule has 1 aliphatic heterocycles. The molecule has 0 saturated carbocycles. The molecule has 0 amide bonds. The number of nitrogens with zero attached hydrogens (tertiary/aromatic N) is 3. The predicted molar refractivity (Wildman–Crippen MR) is 70.9 cm³/mol. The van der Waals surface area contributed by atoms with Crippen LogP contribution in [0.15, 0.2) is 24.5 Å². The number of piperidine rings is 1. The van der Waals surface area contributed by atoms with Gasteiger partial charge in [0, 0.05) is 49.1 Å². The Morgan fingerprint density at radius 3 is 2.68 bits per heavy atom. The fourth-order valence-corrected chi connectivity index (χ4v) is 2.48. The molecule has 0 atom stereocenters. The van der Waals surface area contributed by atoms with Crippen molar-refractivity contribution in [2.45, 2.75) is 18.8 Å². The Hall–Kier alpha value is -1.49. The summed E-state index contributed by atoms with van der Waals surface area (Å²) in [6, 6.07) is 3.56. The number of hydrogen-bond donors (Lipinski definition) is 0. The number of halogens is 3. The molecular formula is C13H12ClF2N3. The van der Waals surface area contributed by atoms with Crippen molar-refractivity contribution in [3.05, 3.63) is 29.7 Å². The number of pyridine rings is 2. The zero-order valence-electron chi connectivity index (χ0n) is 10.1. The number of hydrogen-bond acceptors (Lipinski definition) is 3. The van der Waals surface area contributed by atoms with Gasteiger partial charge in [-0.3, -0.25) is 0 Å². The fourth-order valence-electron chi connectivity index (χ4n) is 2.32. The molecule has 3 rings (SSSR count). The summed E-state index contributed by atoms with van der Waals surface area (Å²) in [5.74, 6) is -1.85. The van der Waals surface area contributed by atoms with Crippen LogP contribution in [0.3, 0.4) is 0 Å². The molecule has 2 aromatic heterocycles. The van der Waals surface area contributed by atoms with E-state index in [-0.39, 0.29) is 12.8 Å². The minimum absolute atomic E-state index is 0.135. The van der Waals surface area contributed by atoms with Crippen molar-refractivity contribution in [2.75, 3.05) is 18.0 Å². The first-order valence-electron chi connectivity index (χ1n) is 6.08. The molecule has 19 heavy (non-hydrogen) atoms. The number of rotatable bonds is 1. The van der Waals surface area contributed by atoms with Crippen molar-refractivity contribution in [3.63, 3.8) is 0 Å². The van der Waals surface area contributed by atoms with Crippen LogP contribution in [0.5, 0.6) is 0 Å². The lowest BCUT2D eigenvalue weighted by molar-refractivity contribution is -0.0221. The van der Waals surface area contributed by atoms with E-state index in [0.717, 1.165) is 10.8 Å². The molecule has 0 spiro atoms. The van der Waals surface area contributed by atoms with Gasteiger partial charge in [0.05, 0.1) is 0 Å². The van der Waals surface area contributed by atoms with Crippen molar-refractivity contribution >= 4 is 28.2 Å². The van der Waals surface area contributed by atoms with Crippen molar-refractivity contribution in [1.29, 1.82) is 0 Å². The Kier molecular flexibility index (Phi) is 3.01. The lowest BCUT2D eigenvalue weighted by Gasteiger charge is -2.33. The molecule has 2 aromatic rings. The first-order chi connectivity index (χ1) is 9.05. The molecule has 3 nitrogen and oxygen atoms in total. The Morgan fingerprint density at radius 1 is 1.21 bits per heavy atom. The molecule has 3 heterocycles. The molecule has 1 saturated heterocycles. The lowest BCUT2D eigenvalue weighted by Crippen LogP contribution is -2.39. The summed E-state index contributed by atoms with van der Waals surface area (Å²) >= 11 is 5.90. The lowest BCUT2D eigenvalue weighted by atomic mass is 10.1. The number of aromatic nitrogens is 2. The number of alkyl halides is 2. The average Bonchev–Trinajstić information content (AvgIpc) is 2.38. The number of anilines is 1. The summed E-state index contributed by atoms with van der Waals surface area (Å²) in [4.78, 5) is 10.2. The largest absolute Gasteiger partial charge is 0.356 e. The van der Waals surface area contributed by atoms with Gasteiger partial charge >= 0.3 is 0 Å². The molecule has 1 aliphatic rings. The maximum atomic E-state index is 13.2. The second-order valence-electron chi connectivity index (χ2n) is 4.71. The van der Waals surface area contributed by atoms with Gasteiger partial charge in [0.25, 0.3) is 5.92 Å². The molecular weight excluding hydrogens is 272 g/mol. The third-order valence-corrected chi connectivity index (χ3v) is 3.59. The highest BCUT2D eigenvalue weighted by atomic mass is 35.5. The SMILES string of the molecule is FC1(F)CCN(c2nccc3cnc(Cl)cc23)CC1. The van der Waals surface area contributed by atoms with Gasteiger partial charge in [-0.2, -0.15) is 0 Å². The summed E-state index contributed by atoms with van der Waals surface area (Å²) in [7, 11) is 0. The smallest absolute Gasteiger partial charge is 0.251 e. The first-order valence-corrected chi connectivity index (χ1v) is 6.46. The maximum Gasteiger partial charge on any atom is 0.251 e. The summed E-state index contributed by atoms with van der Waals surface area (Å²) in [6.07, 6.45) is 3.06. The van der Waals surface area contributed by atoms with E-state index in [1.54, 1.807) is 18.5 Å². The van der Waals surface area contributed by atoms with E-state index >= 15 is 0 Å². The highest BCUT2D eigenvalue weighted by Crippen LogP contribution is 2.32. The van der Waals surface area contributed by atoms with Crippen LogP contribution in [0, 0.1) is 0 Å². The summed E-state index contributed by atoms with van der Waals surface area (Å²) in [5, 5.41) is 2.14. The van der Waals surface area contributed by atoms with Crippen molar-refractivity contribution in [1.82, 2.24) is 9.97 Å². The standard InChI is InChI=1S/C13H12ClF2N3/c14-11-7-10-9(8-18-11)1-4-17-12(10)19-5-2-13(15,16)3-6-19/h1,4,7-8H,2-3,5-6H2. The molecule has 0 unspecified atom stereocenters. The highest BCUT2D eigenvalue weighted by molar-refractivity contribution is 6.30. The third-order valence-electron chi connectivity index (χ3n) is 3.39. The van der Waals surface area contributed by atoms with Crippen LogP contribution in [0.2, 0.25) is 5.15 Å². The highest BCUT2D eigenvalue weighted by Gasteiger charge is 2.34. The number of fused-ring (bicyclic) bond motifs is 1. The second kappa shape index (κ2) is 4.56. The van der Waals surface area contributed by atoms with Crippen LogP contribution in [-0.2, 0) is 0 Å². The normalized spacial score (nSPS) is 18.8. The quantitative estimate of drug-likeness (QED) is 0.750. The molecule has 1 fully saturated rings. The molecule has 0 bridgehead atoms. The van der Waals surface area contributed by atoms with E-state index in [0.29, 0.717) is 24.1 Å². The summed E-state index contributed by atoms with van der Waals surface area (Å²) < 4.78 is 26.4. The van der Waals surface area contributed by atoms with Gasteiger partial charge in [-0.25, -0.2) is 18.7 Å². The van der Waals surface area contributed by atoms with E-state index < -0.39 is 5.92 Å². The zero-order valence-corrected chi connectivity index (χ0v) is 10.9. The Labute approximate surface area is 114 Å². The Morgan fingerprint density at radius 2 is 1.95 bits per heavy atom. The molecule has 6 heteroatoms. The molecule has 0 aromatic carbocycles. The van der Waals surface area contributed by atoms with E-state index in [2.05, 4.69) is 9.97 Å². The minimum atomic E-state index is -2.56. The van der Waals surface area contributed by atoms with E-state index in [9.17, 15) is 8.78 Å². The van der Waals surface area contributed by atoms with Gasteiger partial charge < -0.3 is 4.90 Å². The van der Waals surface area contributed by atoms with Crippen LogP contribution in [0.25, 0.3) is 10.8 Å². The van der Waals surface area contributed by atoms with Crippen LogP contribution >= 0.6 is 11.6 Å². The van der Waals surface area contributed by atoms with E-state index in [1.165, 1.54) is 0 Å². The fraction of sp³-hybridized carbons (Fsp3) is 0.385. The Bertz CT molecular complexity index is 608. The second-order valence-corrected chi connectivity index (χ2v) is 5.09. The van der Waals surface area contributed by atoms with Gasteiger partial charge in [0.2, 0.25) is 0 Å². The van der Waals surface area contributed by atoms with Crippen LogP contribution in [0.1, 0.15) is 12.8 Å². The van der Waals surface area contributed by atoms with Gasteiger partial charge in [-0.1, -0.05) is 11.6 Å². The first kappa shape index (κ1) is 12.5. The van der Waals surface area contributed by atoms with Crippen molar-refractivity contribution < 1.29 is 8.78 Å². The summed E-state index contributed by atoms with van der Waals surface area (Å²) in [6.45, 7) is 0.609. The average molecular weight is 284 g/mol. The molecule has 0 radical (unpaired) electrons. The summed E-state index contributed by atoms with van der Waals surface area (Å²) in [5.41, 5.74) is 0. The minimum Gasteiger partial charge on any atom is -0.356 e. The van der Waals surface area contributed by atoms with E-state index in [1.807, 2.05) is 11.0 Å². The Balaban J connectivity index is 1.99. The van der Waals surface area contributed by atoms with Crippen LogP contribution < -0.4 is 4.90 Å². The maximum absolute atomic E-state index is 13.2. The van der Waals surface area contributed by atoms with Gasteiger partial charge in [0.1, 0.15) is 11.0 Å². The molecule has 0 N–H and O–H groups in total. The third kappa shape index (κ3) is 2.47. The van der Waals surface area contributed by atoms with Gasteiger partial charge in [-0.15, -0.1) is 0 Å². The van der Waals surface area contributed by atoms with Crippen LogP contribution in [-0.4, -0.2) is 29.0 Å². The van der Waals surface area contributed by atoms with E-state index in [4.69, 9.17) is 11.6 Å². The molecule has 0 aliphatic carbocycles.